The first-order chi connectivity index (χ1) is 10.2. The lowest BCUT2D eigenvalue weighted by Gasteiger charge is -2.01. The molecule has 2 heterocycles. The molecule has 2 aromatic heterocycles. The van der Waals surface area contributed by atoms with E-state index in [1.54, 1.807) is 0 Å². The monoisotopic (exact) mass is 295 g/mol. The molecular formula is C16H13N3OS. The number of thiazole rings is 1. The molecule has 0 saturated carbocycles. The smallest absolute Gasteiger partial charge is 0.223 e. The van der Waals surface area contributed by atoms with Crippen molar-refractivity contribution in [3.63, 3.8) is 0 Å². The maximum atomic E-state index is 11.1. The maximum Gasteiger partial charge on any atom is 0.223 e. The first-order valence-corrected chi connectivity index (χ1v) is 7.31. The zero-order chi connectivity index (χ0) is 14.7. The second-order valence-electron chi connectivity index (χ2n) is 4.47. The molecule has 0 fully saturated rings. The van der Waals surface area contributed by atoms with Crippen molar-refractivity contribution in [1.82, 2.24) is 9.97 Å². The summed E-state index contributed by atoms with van der Waals surface area (Å²) >= 11 is 1.38. The minimum Gasteiger partial charge on any atom is -0.302 e. The summed E-state index contributed by atoms with van der Waals surface area (Å²) in [7, 11) is 0. The molecule has 0 atom stereocenters. The van der Waals surface area contributed by atoms with Crippen LogP contribution in [0.1, 0.15) is 12.6 Å². The zero-order valence-electron chi connectivity index (χ0n) is 11.4. The summed E-state index contributed by atoms with van der Waals surface area (Å²) in [6, 6.07) is 3.86. The van der Waals surface area contributed by atoms with Crippen molar-refractivity contribution in [1.29, 1.82) is 0 Å². The van der Waals surface area contributed by atoms with Gasteiger partial charge in [0, 0.05) is 12.5 Å². The van der Waals surface area contributed by atoms with E-state index in [1.807, 2.05) is 54.7 Å². The molecule has 0 unspecified atom stereocenters. The summed E-state index contributed by atoms with van der Waals surface area (Å²) in [5.41, 5.74) is 2.71. The van der Waals surface area contributed by atoms with Gasteiger partial charge in [0.2, 0.25) is 5.91 Å². The Morgan fingerprint density at radius 1 is 1.10 bits per heavy atom. The first kappa shape index (κ1) is 13.5. The second-order valence-corrected chi connectivity index (χ2v) is 5.45. The summed E-state index contributed by atoms with van der Waals surface area (Å²) < 4.78 is 0. The Morgan fingerprint density at radius 2 is 1.90 bits per heavy atom. The van der Waals surface area contributed by atoms with Crippen LogP contribution in [0.2, 0.25) is 0 Å². The van der Waals surface area contributed by atoms with Crippen LogP contribution in [0.3, 0.4) is 0 Å². The highest BCUT2D eigenvalue weighted by molar-refractivity contribution is 7.21. The number of rotatable bonds is 2. The van der Waals surface area contributed by atoms with Crippen molar-refractivity contribution in [2.45, 2.75) is 6.92 Å². The third-order valence-electron chi connectivity index (χ3n) is 2.83. The van der Waals surface area contributed by atoms with Gasteiger partial charge in [0.15, 0.2) is 5.13 Å². The van der Waals surface area contributed by atoms with Crippen LogP contribution in [-0.2, 0) is 4.79 Å². The minimum atomic E-state index is -0.128. The lowest BCUT2D eigenvalue weighted by atomic mass is 10.1. The fraction of sp³-hybridized carbons (Fsp3) is 0.0625. The van der Waals surface area contributed by atoms with Crippen molar-refractivity contribution in [3.05, 3.63) is 60.4 Å². The second kappa shape index (κ2) is 5.85. The predicted octanol–water partition coefficient (Wildman–Crippen LogP) is 3.72. The molecular weight excluding hydrogens is 282 g/mol. The summed E-state index contributed by atoms with van der Waals surface area (Å²) in [5.74, 6) is -0.128. The van der Waals surface area contributed by atoms with E-state index in [0.29, 0.717) is 5.13 Å². The fourth-order valence-corrected chi connectivity index (χ4v) is 2.80. The number of anilines is 1. The van der Waals surface area contributed by atoms with Crippen LogP contribution in [0.15, 0.2) is 54.7 Å². The van der Waals surface area contributed by atoms with Crippen LogP contribution in [0.25, 0.3) is 15.9 Å². The van der Waals surface area contributed by atoms with E-state index < -0.39 is 0 Å². The molecule has 1 aliphatic rings. The maximum absolute atomic E-state index is 11.1. The van der Waals surface area contributed by atoms with Crippen molar-refractivity contribution in [3.8, 4) is 0 Å². The lowest BCUT2D eigenvalue weighted by molar-refractivity contribution is -0.114. The Balaban J connectivity index is 1.98. The standard InChI is InChI=1S/C16H13N3OS/c1-11(20)17-16-19-14-10-9-13(18-15(14)21-16)12-7-5-3-2-4-6-8-12/h2-10H,1H3,(H,17,19,20). The highest BCUT2D eigenvalue weighted by Gasteiger charge is 2.08. The third kappa shape index (κ3) is 3.14. The first-order valence-electron chi connectivity index (χ1n) is 6.49. The number of nitrogens with one attached hydrogen (secondary N) is 1. The largest absolute Gasteiger partial charge is 0.302 e. The Hall–Kier alpha value is -2.53. The van der Waals surface area contributed by atoms with Gasteiger partial charge in [0.05, 0.1) is 5.69 Å². The number of carbonyl (C=O) groups is 1. The number of aromatic nitrogens is 2. The van der Waals surface area contributed by atoms with Gasteiger partial charge < -0.3 is 5.32 Å². The molecule has 0 radical (unpaired) electrons. The molecule has 0 saturated heterocycles. The molecule has 5 heteroatoms. The van der Waals surface area contributed by atoms with Crippen LogP contribution in [0.5, 0.6) is 0 Å². The van der Waals surface area contributed by atoms with Gasteiger partial charge in [-0.1, -0.05) is 53.9 Å². The van der Waals surface area contributed by atoms with Crippen molar-refractivity contribution < 1.29 is 4.79 Å². The normalized spacial score (nSPS) is 13.9. The average molecular weight is 295 g/mol. The summed E-state index contributed by atoms with van der Waals surface area (Å²) in [5, 5.41) is 3.27. The molecule has 4 nitrogen and oxygen atoms in total. The molecule has 0 aromatic carbocycles. The molecule has 21 heavy (non-hydrogen) atoms. The van der Waals surface area contributed by atoms with Crippen LogP contribution in [-0.4, -0.2) is 15.9 Å². The number of allylic oxidation sites excluding steroid dienone is 8. The van der Waals surface area contributed by atoms with E-state index in [0.717, 1.165) is 21.6 Å². The van der Waals surface area contributed by atoms with Gasteiger partial charge >= 0.3 is 0 Å². The minimum absolute atomic E-state index is 0.128. The summed E-state index contributed by atoms with van der Waals surface area (Å²) in [4.78, 5) is 20.9. The van der Waals surface area contributed by atoms with Gasteiger partial charge in [0.1, 0.15) is 10.3 Å². The van der Waals surface area contributed by atoms with E-state index in [1.165, 1.54) is 18.3 Å². The number of amides is 1. The van der Waals surface area contributed by atoms with Crippen LogP contribution in [0.4, 0.5) is 5.13 Å². The Morgan fingerprint density at radius 3 is 2.76 bits per heavy atom. The van der Waals surface area contributed by atoms with Gasteiger partial charge in [-0.2, -0.15) is 0 Å². The van der Waals surface area contributed by atoms with Gasteiger partial charge in [0.25, 0.3) is 0 Å². The highest BCUT2D eigenvalue weighted by Crippen LogP contribution is 2.26. The van der Waals surface area contributed by atoms with Crippen LogP contribution < -0.4 is 5.32 Å². The quantitative estimate of drug-likeness (QED) is 0.918. The molecule has 3 rings (SSSR count). The van der Waals surface area contributed by atoms with Gasteiger partial charge in [-0.05, 0) is 12.1 Å². The molecule has 0 aliphatic heterocycles. The molecule has 104 valence electrons. The molecule has 1 amide bonds. The van der Waals surface area contributed by atoms with Crippen molar-refractivity contribution in [2.24, 2.45) is 0 Å². The Labute approximate surface area is 126 Å². The molecule has 0 spiro atoms. The van der Waals surface area contributed by atoms with Crippen LogP contribution >= 0.6 is 11.3 Å². The van der Waals surface area contributed by atoms with Crippen molar-refractivity contribution in [2.75, 3.05) is 5.32 Å². The van der Waals surface area contributed by atoms with E-state index in [2.05, 4.69) is 15.3 Å². The van der Waals surface area contributed by atoms with Crippen LogP contribution in [0, 0.1) is 0 Å². The van der Waals surface area contributed by atoms with E-state index >= 15 is 0 Å². The number of pyridine rings is 1. The number of nitrogens with zero attached hydrogens (tertiary/aromatic N) is 2. The predicted molar refractivity (Wildman–Crippen MR) is 87.1 cm³/mol. The average Bonchev–Trinajstić information content (AvgIpc) is 2.78. The lowest BCUT2D eigenvalue weighted by Crippen LogP contribution is -2.04. The van der Waals surface area contributed by atoms with E-state index in [9.17, 15) is 4.79 Å². The number of hydrogen-bond acceptors (Lipinski definition) is 4. The molecule has 1 aliphatic carbocycles. The highest BCUT2D eigenvalue weighted by atomic mass is 32.1. The molecule has 1 N–H and O–H groups in total. The topological polar surface area (TPSA) is 54.9 Å². The molecule has 2 aromatic rings. The van der Waals surface area contributed by atoms with E-state index in [4.69, 9.17) is 0 Å². The molecule has 0 bridgehead atoms. The number of hydrogen-bond donors (Lipinski definition) is 1. The third-order valence-corrected chi connectivity index (χ3v) is 3.71. The zero-order valence-corrected chi connectivity index (χ0v) is 12.2. The SMILES string of the molecule is CC(=O)Nc1nc2ccc(C3=CC=CC=CC=C3)nc2s1. The van der Waals surface area contributed by atoms with Gasteiger partial charge in [-0.15, -0.1) is 0 Å². The summed E-state index contributed by atoms with van der Waals surface area (Å²) in [6.45, 7) is 1.47. The fourth-order valence-electron chi connectivity index (χ4n) is 1.92. The Kier molecular flexibility index (Phi) is 3.75. The number of carbonyl (C=O) groups excluding carboxylic acids is 1. The van der Waals surface area contributed by atoms with Gasteiger partial charge in [-0.3, -0.25) is 4.79 Å². The van der Waals surface area contributed by atoms with Crippen molar-refractivity contribution >= 4 is 38.3 Å². The van der Waals surface area contributed by atoms with E-state index in [-0.39, 0.29) is 5.91 Å². The number of fused-ring (bicyclic) bond motifs is 1. The Bertz CT molecular complexity index is 812. The summed E-state index contributed by atoms with van der Waals surface area (Å²) in [6.07, 6.45) is 13.9. The van der Waals surface area contributed by atoms with Gasteiger partial charge in [-0.25, -0.2) is 9.97 Å².